The van der Waals surface area contributed by atoms with Crippen LogP contribution in [0.25, 0.3) is 0 Å². The van der Waals surface area contributed by atoms with Gasteiger partial charge >= 0.3 is 0 Å². The van der Waals surface area contributed by atoms with E-state index in [-0.39, 0.29) is 5.56 Å². The fraction of sp³-hybridized carbons (Fsp3) is 0.227. The number of halogens is 2. The summed E-state index contributed by atoms with van der Waals surface area (Å²) in [7, 11) is 0. The van der Waals surface area contributed by atoms with Crippen LogP contribution in [0.1, 0.15) is 48.4 Å². The zero-order chi connectivity index (χ0) is 18.9. The van der Waals surface area contributed by atoms with Crippen LogP contribution in [0.5, 0.6) is 0 Å². The maximum absolute atomic E-state index is 13.8. The van der Waals surface area contributed by atoms with E-state index >= 15 is 0 Å². The summed E-state index contributed by atoms with van der Waals surface area (Å²) in [6.45, 7) is 4.06. The Morgan fingerprint density at radius 1 is 1.00 bits per heavy atom. The Morgan fingerprint density at radius 2 is 1.73 bits per heavy atom. The van der Waals surface area contributed by atoms with Crippen LogP contribution in [0.15, 0.2) is 35.3 Å². The minimum Gasteiger partial charge on any atom is -0.204 e. The van der Waals surface area contributed by atoms with Gasteiger partial charge in [0, 0.05) is 23.1 Å². The van der Waals surface area contributed by atoms with Gasteiger partial charge in [0.15, 0.2) is 11.6 Å². The third-order valence-electron chi connectivity index (χ3n) is 3.63. The molecule has 0 radical (unpaired) electrons. The summed E-state index contributed by atoms with van der Waals surface area (Å²) in [6, 6.07) is 7.98. The van der Waals surface area contributed by atoms with E-state index in [2.05, 4.69) is 47.8 Å². The minimum atomic E-state index is -0.818. The second-order valence-electron chi connectivity index (χ2n) is 5.68. The Hall–Kier alpha value is -2.78. The number of benzene rings is 2. The molecule has 0 saturated carbocycles. The number of aryl methyl sites for hydroxylation is 1. The molecule has 26 heavy (non-hydrogen) atoms. The number of hydrogen-bond acceptors (Lipinski definition) is 2. The molecule has 4 heteroatoms. The van der Waals surface area contributed by atoms with Gasteiger partial charge in [-0.05, 0) is 61.5 Å². The van der Waals surface area contributed by atoms with Crippen LogP contribution in [0.4, 0.5) is 14.5 Å². The molecule has 0 aliphatic rings. The number of aliphatic imine (C=N–C) groups is 1. The van der Waals surface area contributed by atoms with Crippen LogP contribution in [0.3, 0.4) is 0 Å². The van der Waals surface area contributed by atoms with Gasteiger partial charge in [-0.2, -0.15) is 4.99 Å². The van der Waals surface area contributed by atoms with Crippen molar-refractivity contribution in [2.75, 3.05) is 0 Å². The molecule has 2 aromatic rings. The van der Waals surface area contributed by atoms with E-state index in [4.69, 9.17) is 0 Å². The summed E-state index contributed by atoms with van der Waals surface area (Å²) in [6.07, 6.45) is 3.11. The van der Waals surface area contributed by atoms with Crippen molar-refractivity contribution < 1.29 is 8.78 Å². The lowest BCUT2D eigenvalue weighted by Gasteiger charge is -2.00. The lowest BCUT2D eigenvalue weighted by atomic mass is 10.0. The fourth-order valence-corrected chi connectivity index (χ4v) is 2.33. The highest BCUT2D eigenvalue weighted by molar-refractivity contribution is 7.78. The van der Waals surface area contributed by atoms with Gasteiger partial charge in [-0.1, -0.05) is 37.0 Å². The average molecular weight is 365 g/mol. The molecule has 0 amide bonds. The van der Waals surface area contributed by atoms with Gasteiger partial charge in [0.25, 0.3) is 0 Å². The number of rotatable bonds is 3. The lowest BCUT2D eigenvalue weighted by Crippen LogP contribution is -1.87. The number of thiocarbonyl (C=S) groups is 1. The topological polar surface area (TPSA) is 12.4 Å². The predicted octanol–water partition coefficient (Wildman–Crippen LogP) is 5.95. The predicted molar refractivity (Wildman–Crippen MR) is 105 cm³/mol. The Morgan fingerprint density at radius 3 is 2.35 bits per heavy atom. The second-order valence-corrected chi connectivity index (χ2v) is 5.86. The molecule has 0 atom stereocenters. The Kier molecular flexibility index (Phi) is 7.24. The van der Waals surface area contributed by atoms with E-state index < -0.39 is 17.3 Å². The molecule has 0 unspecified atom stereocenters. The van der Waals surface area contributed by atoms with Crippen molar-refractivity contribution in [3.05, 3.63) is 64.2 Å². The summed E-state index contributed by atoms with van der Waals surface area (Å²) in [5, 5.41) is 1.96. The molecule has 0 bridgehead atoms. The van der Waals surface area contributed by atoms with Crippen LogP contribution in [-0.2, 0) is 0 Å². The molecule has 0 spiro atoms. The van der Waals surface area contributed by atoms with E-state index in [0.717, 1.165) is 48.1 Å². The van der Waals surface area contributed by atoms with Gasteiger partial charge in [0.2, 0.25) is 0 Å². The SMILES string of the molecule is CCCCC#Cc1ccc(C#Cc2cc(F)c(N=C=S)c(F)c2)c(C)c1. The number of unbranched alkanes of at least 4 members (excludes halogenated alkanes) is 2. The molecule has 0 N–H and O–H groups in total. The first-order chi connectivity index (χ1) is 12.5. The van der Waals surface area contributed by atoms with Crippen molar-refractivity contribution in [1.82, 2.24) is 0 Å². The van der Waals surface area contributed by atoms with Gasteiger partial charge in [-0.25, -0.2) is 8.78 Å². The van der Waals surface area contributed by atoms with Crippen LogP contribution < -0.4 is 0 Å². The maximum Gasteiger partial charge on any atom is 0.153 e. The van der Waals surface area contributed by atoms with Crippen molar-refractivity contribution in [3.63, 3.8) is 0 Å². The minimum absolute atomic E-state index is 0.228. The molecule has 0 heterocycles. The first-order valence-electron chi connectivity index (χ1n) is 8.23. The second kappa shape index (κ2) is 9.64. The quantitative estimate of drug-likeness (QED) is 0.283. The van der Waals surface area contributed by atoms with Gasteiger partial charge in [-0.15, -0.1) is 0 Å². The molecular weight excluding hydrogens is 348 g/mol. The first kappa shape index (κ1) is 19.5. The highest BCUT2D eigenvalue weighted by Crippen LogP contribution is 2.23. The summed E-state index contributed by atoms with van der Waals surface area (Å²) in [5.41, 5.74) is 2.45. The van der Waals surface area contributed by atoms with Crippen molar-refractivity contribution in [1.29, 1.82) is 0 Å². The van der Waals surface area contributed by atoms with Crippen molar-refractivity contribution >= 4 is 23.1 Å². The maximum atomic E-state index is 13.8. The van der Waals surface area contributed by atoms with E-state index in [1.54, 1.807) is 0 Å². The zero-order valence-corrected chi connectivity index (χ0v) is 15.4. The Balaban J connectivity index is 2.24. The van der Waals surface area contributed by atoms with Gasteiger partial charge < -0.3 is 0 Å². The Labute approximate surface area is 158 Å². The lowest BCUT2D eigenvalue weighted by molar-refractivity contribution is 0.587. The third-order valence-corrected chi connectivity index (χ3v) is 3.72. The van der Waals surface area contributed by atoms with E-state index in [0.29, 0.717) is 0 Å². The molecule has 0 saturated heterocycles. The van der Waals surface area contributed by atoms with Crippen LogP contribution in [-0.4, -0.2) is 5.16 Å². The zero-order valence-electron chi connectivity index (χ0n) is 14.6. The van der Waals surface area contributed by atoms with Crippen LogP contribution >= 0.6 is 12.2 Å². The van der Waals surface area contributed by atoms with Gasteiger partial charge in [0.05, 0.1) is 5.16 Å². The van der Waals surface area contributed by atoms with Crippen molar-refractivity contribution in [2.24, 2.45) is 4.99 Å². The first-order valence-corrected chi connectivity index (χ1v) is 8.64. The normalized spacial score (nSPS) is 9.38. The van der Waals surface area contributed by atoms with Crippen LogP contribution in [0, 0.1) is 42.2 Å². The molecule has 1 nitrogen and oxygen atoms in total. The molecule has 0 fully saturated rings. The van der Waals surface area contributed by atoms with E-state index in [1.165, 1.54) is 0 Å². The number of isothiocyanates is 1. The molecule has 2 rings (SSSR count). The number of hydrogen-bond donors (Lipinski definition) is 0. The molecule has 2 aromatic carbocycles. The molecule has 130 valence electrons. The largest absolute Gasteiger partial charge is 0.204 e. The highest BCUT2D eigenvalue weighted by Gasteiger charge is 2.09. The van der Waals surface area contributed by atoms with E-state index in [9.17, 15) is 8.78 Å². The molecule has 0 aliphatic heterocycles. The fourth-order valence-electron chi connectivity index (χ4n) is 2.24. The standard InChI is InChI=1S/C22H17F2NS/c1-3-4-5-6-7-17-8-10-19(16(2)12-17)11-9-18-13-20(23)22(25-15-26)21(24)14-18/h8,10,12-14H,3-5H2,1-2H3. The summed E-state index contributed by atoms with van der Waals surface area (Å²) < 4.78 is 27.7. The molecule has 0 aromatic heterocycles. The van der Waals surface area contributed by atoms with E-state index in [1.807, 2.05) is 30.3 Å². The van der Waals surface area contributed by atoms with Crippen molar-refractivity contribution in [3.8, 4) is 23.7 Å². The van der Waals surface area contributed by atoms with Gasteiger partial charge in [-0.3, -0.25) is 0 Å². The molecular formula is C22H17F2NS. The van der Waals surface area contributed by atoms with Gasteiger partial charge in [0.1, 0.15) is 5.69 Å². The highest BCUT2D eigenvalue weighted by atomic mass is 32.1. The summed E-state index contributed by atoms with van der Waals surface area (Å²) in [4.78, 5) is 3.38. The van der Waals surface area contributed by atoms with Crippen LogP contribution in [0.2, 0.25) is 0 Å². The number of nitrogens with zero attached hydrogens (tertiary/aromatic N) is 1. The summed E-state index contributed by atoms with van der Waals surface area (Å²) >= 11 is 4.38. The third kappa shape index (κ3) is 5.36. The van der Waals surface area contributed by atoms with Crippen molar-refractivity contribution in [2.45, 2.75) is 33.1 Å². The average Bonchev–Trinajstić information content (AvgIpc) is 2.61. The molecule has 0 aliphatic carbocycles. The Bertz CT molecular complexity index is 958. The monoisotopic (exact) mass is 365 g/mol. The summed E-state index contributed by atoms with van der Waals surface area (Å²) in [5.74, 6) is 10.4. The smallest absolute Gasteiger partial charge is 0.153 e.